The highest BCUT2D eigenvalue weighted by molar-refractivity contribution is 5.77. The molecule has 0 radical (unpaired) electrons. The van der Waals surface area contributed by atoms with E-state index >= 15 is 0 Å². The monoisotopic (exact) mass is 888 g/mol. The molecule has 6 heteroatoms. The highest BCUT2D eigenvalue weighted by Gasteiger charge is 2.24. The topological polar surface area (TPSA) is 95.9 Å². The Bertz CT molecular complexity index is 1320. The maximum atomic E-state index is 13.2. The minimum atomic E-state index is -0.817. The zero-order valence-corrected chi connectivity index (χ0v) is 41.4. The maximum Gasteiger partial charge on any atom is 0.306 e. The van der Waals surface area contributed by atoms with Crippen molar-refractivity contribution in [2.45, 2.75) is 238 Å². The van der Waals surface area contributed by atoms with Crippen molar-refractivity contribution in [1.82, 2.24) is 5.32 Å². The highest BCUT2D eigenvalue weighted by Crippen LogP contribution is 2.17. The second-order valence-corrected chi connectivity index (χ2v) is 17.3. The van der Waals surface area contributed by atoms with Gasteiger partial charge in [0.25, 0.3) is 0 Å². The van der Waals surface area contributed by atoms with Crippen LogP contribution in [0.5, 0.6) is 0 Å². The molecule has 364 valence electrons. The van der Waals surface area contributed by atoms with Gasteiger partial charge in [-0.25, -0.2) is 0 Å². The number of ether oxygens (including phenoxy) is 1. The van der Waals surface area contributed by atoms with Crippen LogP contribution in [0.2, 0.25) is 0 Å². The molecule has 0 aliphatic heterocycles. The lowest BCUT2D eigenvalue weighted by Gasteiger charge is -2.24. The minimum absolute atomic E-state index is 0.0159. The first-order chi connectivity index (χ1) is 31.5. The number of nitrogens with one attached hydrogen (secondary N) is 1. The quantitative estimate of drug-likeness (QED) is 0.0245. The summed E-state index contributed by atoms with van der Waals surface area (Å²) in [5.41, 5.74) is 0. The lowest BCUT2D eigenvalue weighted by atomic mass is 10.0. The van der Waals surface area contributed by atoms with Gasteiger partial charge < -0.3 is 20.3 Å². The summed E-state index contributed by atoms with van der Waals surface area (Å²) in [6, 6.07) is -0.735. The Balaban J connectivity index is 4.75. The molecule has 0 aromatic carbocycles. The molecule has 0 heterocycles. The van der Waals surface area contributed by atoms with Crippen LogP contribution in [0.15, 0.2) is 109 Å². The largest absolute Gasteiger partial charge is 0.462 e. The van der Waals surface area contributed by atoms with Crippen molar-refractivity contribution in [2.75, 3.05) is 6.61 Å². The van der Waals surface area contributed by atoms with Gasteiger partial charge in [0, 0.05) is 6.42 Å². The lowest BCUT2D eigenvalue weighted by Crippen LogP contribution is -2.46. The van der Waals surface area contributed by atoms with Gasteiger partial charge in [-0.15, -0.1) is 0 Å². The summed E-state index contributed by atoms with van der Waals surface area (Å²) in [7, 11) is 0. The second kappa shape index (κ2) is 50.5. The fraction of sp³-hybridized carbons (Fsp3) is 0.655. The van der Waals surface area contributed by atoms with Crippen molar-refractivity contribution in [3.8, 4) is 0 Å². The molecule has 0 saturated heterocycles. The Hall–Kier alpha value is -3.48. The van der Waals surface area contributed by atoms with E-state index in [4.69, 9.17) is 4.74 Å². The van der Waals surface area contributed by atoms with Crippen LogP contribution in [0.3, 0.4) is 0 Å². The molecule has 0 aliphatic carbocycles. The normalized spacial score (nSPS) is 14.1. The van der Waals surface area contributed by atoms with E-state index in [0.29, 0.717) is 19.3 Å². The molecule has 0 bridgehead atoms. The minimum Gasteiger partial charge on any atom is -0.462 e. The van der Waals surface area contributed by atoms with Crippen LogP contribution in [0.1, 0.15) is 220 Å². The average Bonchev–Trinajstić information content (AvgIpc) is 3.29. The molecule has 0 saturated carbocycles. The Kier molecular flexibility index (Phi) is 47.8. The fourth-order valence-corrected chi connectivity index (χ4v) is 7.30. The molecule has 0 aliphatic rings. The molecule has 0 aromatic rings. The number of hydrogen-bond donors (Lipinski definition) is 3. The van der Waals surface area contributed by atoms with E-state index in [1.54, 1.807) is 0 Å². The molecular formula is C58H97NO5. The first-order valence-corrected chi connectivity index (χ1v) is 26.2. The van der Waals surface area contributed by atoms with Gasteiger partial charge in [0.1, 0.15) is 6.10 Å². The van der Waals surface area contributed by atoms with E-state index in [1.807, 2.05) is 30.4 Å². The number of aliphatic hydroxyl groups excluding tert-OH is 2. The van der Waals surface area contributed by atoms with Crippen molar-refractivity contribution in [3.05, 3.63) is 109 Å². The zero-order chi connectivity index (χ0) is 46.7. The number of carbonyl (C=O) groups is 2. The smallest absolute Gasteiger partial charge is 0.306 e. The fourth-order valence-electron chi connectivity index (χ4n) is 7.30. The summed E-state index contributed by atoms with van der Waals surface area (Å²) in [5.74, 6) is -0.585. The third-order valence-electron chi connectivity index (χ3n) is 11.2. The van der Waals surface area contributed by atoms with Gasteiger partial charge in [-0.05, 0) is 83.5 Å². The predicted octanol–water partition coefficient (Wildman–Crippen LogP) is 15.9. The summed E-state index contributed by atoms with van der Waals surface area (Å²) >= 11 is 0. The number of amides is 1. The Morgan fingerprint density at radius 2 is 0.938 bits per heavy atom. The molecule has 1 amide bonds. The van der Waals surface area contributed by atoms with Crippen LogP contribution >= 0.6 is 0 Å². The molecule has 0 aromatic heterocycles. The Morgan fingerprint density at radius 3 is 1.47 bits per heavy atom. The Labute approximate surface area is 394 Å². The van der Waals surface area contributed by atoms with Crippen LogP contribution in [0.4, 0.5) is 0 Å². The summed E-state index contributed by atoms with van der Waals surface area (Å²) in [4.78, 5) is 26.1. The van der Waals surface area contributed by atoms with Gasteiger partial charge in [-0.2, -0.15) is 0 Å². The third kappa shape index (κ3) is 45.1. The van der Waals surface area contributed by atoms with Gasteiger partial charge in [0.2, 0.25) is 5.91 Å². The van der Waals surface area contributed by atoms with Gasteiger partial charge in [0.05, 0.1) is 25.2 Å². The Morgan fingerprint density at radius 1 is 0.484 bits per heavy atom. The highest BCUT2D eigenvalue weighted by atomic mass is 16.5. The van der Waals surface area contributed by atoms with Crippen LogP contribution < -0.4 is 5.32 Å². The van der Waals surface area contributed by atoms with E-state index in [2.05, 4.69) is 105 Å². The van der Waals surface area contributed by atoms with E-state index < -0.39 is 18.2 Å². The number of carbonyl (C=O) groups excluding carboxylic acids is 2. The molecule has 3 N–H and O–H groups in total. The second-order valence-electron chi connectivity index (χ2n) is 17.3. The van der Waals surface area contributed by atoms with E-state index in [-0.39, 0.29) is 24.9 Å². The number of unbranched alkanes of at least 4 members (excludes halogenated alkanes) is 18. The van der Waals surface area contributed by atoms with Crippen LogP contribution in [-0.2, 0) is 14.3 Å². The van der Waals surface area contributed by atoms with Gasteiger partial charge in [-0.1, -0.05) is 233 Å². The number of rotatable bonds is 45. The first-order valence-electron chi connectivity index (χ1n) is 26.2. The van der Waals surface area contributed by atoms with Crippen molar-refractivity contribution in [3.63, 3.8) is 0 Å². The van der Waals surface area contributed by atoms with Gasteiger partial charge >= 0.3 is 5.97 Å². The number of hydrogen-bond acceptors (Lipinski definition) is 5. The van der Waals surface area contributed by atoms with Gasteiger partial charge in [0.15, 0.2) is 0 Å². The summed E-state index contributed by atoms with van der Waals surface area (Å²) < 4.78 is 5.89. The van der Waals surface area contributed by atoms with Crippen molar-refractivity contribution >= 4 is 11.9 Å². The molecule has 6 nitrogen and oxygen atoms in total. The van der Waals surface area contributed by atoms with Crippen LogP contribution in [0.25, 0.3) is 0 Å². The molecular weight excluding hydrogens is 791 g/mol. The van der Waals surface area contributed by atoms with Crippen LogP contribution in [-0.4, -0.2) is 46.9 Å². The molecule has 64 heavy (non-hydrogen) atoms. The number of allylic oxidation sites excluding steroid dienone is 18. The van der Waals surface area contributed by atoms with E-state index in [0.717, 1.165) is 96.3 Å². The van der Waals surface area contributed by atoms with Gasteiger partial charge in [-0.3, -0.25) is 9.59 Å². The number of aliphatic hydroxyl groups is 2. The van der Waals surface area contributed by atoms with E-state index in [9.17, 15) is 19.8 Å². The van der Waals surface area contributed by atoms with Crippen molar-refractivity contribution in [2.24, 2.45) is 0 Å². The average molecular weight is 888 g/mol. The summed E-state index contributed by atoms with van der Waals surface area (Å²) in [6.45, 7) is 6.20. The number of esters is 1. The van der Waals surface area contributed by atoms with Crippen molar-refractivity contribution < 1.29 is 24.5 Å². The van der Waals surface area contributed by atoms with E-state index in [1.165, 1.54) is 77.0 Å². The standard InChI is InChI=1S/C58H97NO5/c1-4-7-10-13-16-19-22-25-27-28-30-32-34-37-40-43-46-49-54(64-58(63)51-48-45-42-39-36-31-24-21-18-15-12-9-6-3)52-57(62)59-55(53-60)56(61)50-47-44-41-38-35-33-29-26-23-20-17-14-11-8-5-2/h7,9-10,12,15-16,18-19,21,24-25,27,30-32,36-37,40,54-56,60-61H,4-6,8,11,13-14,17,20,22-23,26,28-29,33-35,38-39,41-53H2,1-3H3,(H,59,62)/b10-7-,12-9+,18-15+,19-16-,24-21-,27-25-,32-30-,36-31-,40-37-. The van der Waals surface area contributed by atoms with Crippen molar-refractivity contribution in [1.29, 1.82) is 0 Å². The molecule has 3 unspecified atom stereocenters. The van der Waals surface area contributed by atoms with Crippen LogP contribution in [0, 0.1) is 0 Å². The summed E-state index contributed by atoms with van der Waals surface area (Å²) in [5, 5.41) is 23.8. The maximum absolute atomic E-state index is 13.2. The molecule has 0 rings (SSSR count). The summed E-state index contributed by atoms with van der Waals surface area (Å²) in [6.07, 6.45) is 68.6. The predicted molar refractivity (Wildman–Crippen MR) is 277 cm³/mol. The lowest BCUT2D eigenvalue weighted by molar-refractivity contribution is -0.151. The third-order valence-corrected chi connectivity index (χ3v) is 11.2. The zero-order valence-electron chi connectivity index (χ0n) is 41.4. The molecule has 0 fully saturated rings. The SMILES string of the molecule is CC/C=C\C/C=C\C/C=C\C/C=C\C/C=C\CCCC(CC(=O)NC(CO)C(O)CCCCCCCCCCCCCCCCC)OC(=O)CCCCC\C=C/C=C\C=C\C=C\CC. The first kappa shape index (κ1) is 60.5. The molecule has 3 atom stereocenters. The molecule has 0 spiro atoms.